The summed E-state index contributed by atoms with van der Waals surface area (Å²) in [5.74, 6) is -0.580. The van der Waals surface area contributed by atoms with Crippen LogP contribution in [0.5, 0.6) is 0 Å². The van der Waals surface area contributed by atoms with Gasteiger partial charge in [0.05, 0.1) is 18.7 Å². The Labute approximate surface area is 156 Å². The van der Waals surface area contributed by atoms with E-state index in [-0.39, 0.29) is 11.7 Å². The Morgan fingerprint density at radius 1 is 1.04 bits per heavy atom. The van der Waals surface area contributed by atoms with Gasteiger partial charge in [0.15, 0.2) is 0 Å². The van der Waals surface area contributed by atoms with Crippen molar-refractivity contribution < 1.29 is 14.1 Å². The summed E-state index contributed by atoms with van der Waals surface area (Å²) in [5, 5.41) is 2.88. The van der Waals surface area contributed by atoms with Gasteiger partial charge >= 0.3 is 0 Å². The third-order valence-corrected chi connectivity index (χ3v) is 5.32. The summed E-state index contributed by atoms with van der Waals surface area (Å²) >= 11 is 3.23. The standard InChI is InChI=1S/C20H22BrFN2O/c21-19-12-17(22)8-9-18(19)20(25)23-13-15-4-6-16(7-5-15)14-24-10-2-1-3-11-24/h4-9,12H,1-3,10-11,13-14H2,(H,23,25)/p+1. The van der Waals surface area contributed by atoms with Gasteiger partial charge in [-0.2, -0.15) is 0 Å². The number of carbonyl (C=O) groups is 1. The first-order chi connectivity index (χ1) is 12.1. The molecule has 3 nitrogen and oxygen atoms in total. The van der Waals surface area contributed by atoms with E-state index in [0.29, 0.717) is 16.6 Å². The van der Waals surface area contributed by atoms with Gasteiger partial charge in [0.1, 0.15) is 12.4 Å². The fourth-order valence-corrected chi connectivity index (χ4v) is 3.77. The lowest BCUT2D eigenvalue weighted by atomic mass is 10.1. The highest BCUT2D eigenvalue weighted by Gasteiger charge is 2.14. The molecule has 1 aliphatic heterocycles. The van der Waals surface area contributed by atoms with Crippen LogP contribution in [0.25, 0.3) is 0 Å². The maximum Gasteiger partial charge on any atom is 0.252 e. The van der Waals surface area contributed by atoms with E-state index in [1.807, 2.05) is 0 Å². The number of carbonyl (C=O) groups excluding carboxylic acids is 1. The van der Waals surface area contributed by atoms with Crippen molar-refractivity contribution in [1.82, 2.24) is 5.32 Å². The number of quaternary nitrogens is 1. The molecule has 1 fully saturated rings. The van der Waals surface area contributed by atoms with Crippen molar-refractivity contribution in [3.05, 3.63) is 69.4 Å². The van der Waals surface area contributed by atoms with E-state index in [2.05, 4.69) is 45.5 Å². The quantitative estimate of drug-likeness (QED) is 0.787. The molecule has 2 aromatic carbocycles. The number of hydrogen-bond donors (Lipinski definition) is 2. The van der Waals surface area contributed by atoms with Gasteiger partial charge in [-0.15, -0.1) is 0 Å². The van der Waals surface area contributed by atoms with Gasteiger partial charge in [-0.1, -0.05) is 24.3 Å². The summed E-state index contributed by atoms with van der Waals surface area (Å²) in [6, 6.07) is 12.5. The Kier molecular flexibility index (Phi) is 6.21. The number of nitrogens with one attached hydrogen (secondary N) is 2. The summed E-state index contributed by atoms with van der Waals surface area (Å²) in [5.41, 5.74) is 2.84. The van der Waals surface area contributed by atoms with E-state index in [1.165, 1.54) is 56.1 Å². The summed E-state index contributed by atoms with van der Waals surface area (Å²) in [7, 11) is 0. The van der Waals surface area contributed by atoms with Gasteiger partial charge in [-0.25, -0.2) is 4.39 Å². The van der Waals surface area contributed by atoms with Crippen LogP contribution < -0.4 is 10.2 Å². The molecule has 0 radical (unpaired) electrons. The average molecular weight is 406 g/mol. The second-order valence-electron chi connectivity index (χ2n) is 6.61. The molecule has 2 N–H and O–H groups in total. The fraction of sp³-hybridized carbons (Fsp3) is 0.350. The molecule has 1 aliphatic rings. The molecule has 0 saturated carbocycles. The SMILES string of the molecule is O=C(NCc1ccc(C[NH+]2CCCCC2)cc1)c1ccc(F)cc1Br. The molecule has 5 heteroatoms. The van der Waals surface area contributed by atoms with Crippen molar-refractivity contribution in [1.29, 1.82) is 0 Å². The van der Waals surface area contributed by atoms with Crippen molar-refractivity contribution >= 4 is 21.8 Å². The first kappa shape index (κ1) is 18.1. The van der Waals surface area contributed by atoms with Gasteiger partial charge in [-0.05, 0) is 59.0 Å². The van der Waals surface area contributed by atoms with E-state index >= 15 is 0 Å². The third-order valence-electron chi connectivity index (χ3n) is 4.67. The highest BCUT2D eigenvalue weighted by atomic mass is 79.9. The molecule has 0 spiro atoms. The van der Waals surface area contributed by atoms with Crippen LogP contribution in [0.4, 0.5) is 4.39 Å². The number of halogens is 2. The predicted octanol–water partition coefficient (Wildman–Crippen LogP) is 3.09. The molecule has 25 heavy (non-hydrogen) atoms. The lowest BCUT2D eigenvalue weighted by molar-refractivity contribution is -0.918. The van der Waals surface area contributed by atoms with E-state index in [9.17, 15) is 9.18 Å². The molecule has 0 unspecified atom stereocenters. The molecule has 1 saturated heterocycles. The second kappa shape index (κ2) is 8.59. The summed E-state index contributed by atoms with van der Waals surface area (Å²) in [6.45, 7) is 4.07. The van der Waals surface area contributed by atoms with Crippen LogP contribution in [-0.2, 0) is 13.1 Å². The molecular weight excluding hydrogens is 383 g/mol. The topological polar surface area (TPSA) is 33.5 Å². The van der Waals surface area contributed by atoms with E-state index in [4.69, 9.17) is 0 Å². The third kappa shape index (κ3) is 5.13. The number of hydrogen-bond acceptors (Lipinski definition) is 1. The summed E-state index contributed by atoms with van der Waals surface area (Å²) in [4.78, 5) is 13.9. The zero-order valence-electron chi connectivity index (χ0n) is 14.2. The largest absolute Gasteiger partial charge is 0.348 e. The molecule has 0 aliphatic carbocycles. The fourth-order valence-electron chi connectivity index (χ4n) is 3.24. The number of benzene rings is 2. The minimum Gasteiger partial charge on any atom is -0.348 e. The molecule has 1 amide bonds. The Bertz CT molecular complexity index is 727. The summed E-state index contributed by atoms with van der Waals surface area (Å²) < 4.78 is 13.6. The van der Waals surface area contributed by atoms with Crippen LogP contribution >= 0.6 is 15.9 Å². The van der Waals surface area contributed by atoms with E-state index in [0.717, 1.165) is 12.1 Å². The molecule has 0 aromatic heterocycles. The minimum atomic E-state index is -0.366. The van der Waals surface area contributed by atoms with Crippen molar-refractivity contribution in [2.24, 2.45) is 0 Å². The number of piperidine rings is 1. The maximum atomic E-state index is 13.1. The zero-order chi connectivity index (χ0) is 17.6. The first-order valence-corrected chi connectivity index (χ1v) is 9.56. The van der Waals surface area contributed by atoms with Crippen LogP contribution in [0.15, 0.2) is 46.9 Å². The Morgan fingerprint density at radius 3 is 2.40 bits per heavy atom. The van der Waals surface area contributed by atoms with Crippen LogP contribution in [0.2, 0.25) is 0 Å². The van der Waals surface area contributed by atoms with E-state index < -0.39 is 0 Å². The Balaban J connectivity index is 1.53. The highest BCUT2D eigenvalue weighted by Crippen LogP contribution is 2.18. The Hall–Kier alpha value is -1.72. The molecule has 3 rings (SSSR count). The van der Waals surface area contributed by atoms with Crippen molar-refractivity contribution in [3.63, 3.8) is 0 Å². The molecule has 1 heterocycles. The molecule has 132 valence electrons. The highest BCUT2D eigenvalue weighted by molar-refractivity contribution is 9.10. The lowest BCUT2D eigenvalue weighted by Gasteiger charge is -2.23. The van der Waals surface area contributed by atoms with Crippen molar-refractivity contribution in [2.75, 3.05) is 13.1 Å². The van der Waals surface area contributed by atoms with Gasteiger partial charge in [-0.3, -0.25) is 4.79 Å². The van der Waals surface area contributed by atoms with Gasteiger partial charge < -0.3 is 10.2 Å². The molecule has 0 bridgehead atoms. The normalized spacial score (nSPS) is 15.1. The van der Waals surface area contributed by atoms with Gasteiger partial charge in [0.25, 0.3) is 5.91 Å². The Morgan fingerprint density at radius 2 is 1.72 bits per heavy atom. The number of rotatable bonds is 5. The summed E-state index contributed by atoms with van der Waals surface area (Å²) in [6.07, 6.45) is 4.03. The first-order valence-electron chi connectivity index (χ1n) is 8.76. The minimum absolute atomic E-state index is 0.214. The van der Waals surface area contributed by atoms with E-state index in [1.54, 1.807) is 4.90 Å². The van der Waals surface area contributed by atoms with Crippen LogP contribution in [0, 0.1) is 5.82 Å². The predicted molar refractivity (Wildman–Crippen MR) is 100.0 cm³/mol. The lowest BCUT2D eigenvalue weighted by Crippen LogP contribution is -3.11. The van der Waals surface area contributed by atoms with Crippen LogP contribution in [0.3, 0.4) is 0 Å². The average Bonchev–Trinajstić information content (AvgIpc) is 2.62. The number of likely N-dealkylation sites (tertiary alicyclic amines) is 1. The number of amides is 1. The van der Waals surface area contributed by atoms with Crippen molar-refractivity contribution in [3.8, 4) is 0 Å². The van der Waals surface area contributed by atoms with Gasteiger partial charge in [0.2, 0.25) is 0 Å². The monoisotopic (exact) mass is 405 g/mol. The molecule has 2 aromatic rings. The van der Waals surface area contributed by atoms with Crippen LogP contribution in [-0.4, -0.2) is 19.0 Å². The second-order valence-corrected chi connectivity index (χ2v) is 7.47. The smallest absolute Gasteiger partial charge is 0.252 e. The van der Waals surface area contributed by atoms with Gasteiger partial charge in [0, 0.05) is 16.6 Å². The molecular formula is C20H23BrFN2O+. The molecule has 0 atom stereocenters. The zero-order valence-corrected chi connectivity index (χ0v) is 15.7. The maximum absolute atomic E-state index is 13.1. The van der Waals surface area contributed by atoms with Crippen molar-refractivity contribution in [2.45, 2.75) is 32.4 Å². The van der Waals surface area contributed by atoms with Crippen LogP contribution in [0.1, 0.15) is 40.7 Å².